The zero-order chi connectivity index (χ0) is 11.0. The Labute approximate surface area is 87.7 Å². The molecule has 0 aliphatic carbocycles. The fourth-order valence-corrected chi connectivity index (χ4v) is 1.64. The molecule has 0 aromatic carbocycles. The van der Waals surface area contributed by atoms with E-state index in [0.717, 1.165) is 16.6 Å². The van der Waals surface area contributed by atoms with Gasteiger partial charge >= 0.3 is 0 Å². The molecule has 0 bridgehead atoms. The van der Waals surface area contributed by atoms with Crippen molar-refractivity contribution in [2.45, 2.75) is 6.92 Å². The third-order valence-electron chi connectivity index (χ3n) is 2.49. The molecule has 3 heteroatoms. The van der Waals surface area contributed by atoms with Gasteiger partial charge < -0.3 is 4.57 Å². The molecule has 0 atom stereocenters. The van der Waals surface area contributed by atoms with Gasteiger partial charge in [-0.3, -0.25) is 9.78 Å². The summed E-state index contributed by atoms with van der Waals surface area (Å²) in [4.78, 5) is 16.0. The average molecular weight is 200 g/mol. The molecule has 0 radical (unpaired) electrons. The molecule has 0 aliphatic heterocycles. The lowest BCUT2D eigenvalue weighted by atomic mass is 10.2. The van der Waals surface area contributed by atoms with Crippen LogP contribution in [0.1, 0.15) is 11.3 Å². The number of hydrogen-bond donors (Lipinski definition) is 0. The van der Waals surface area contributed by atoms with Gasteiger partial charge in [-0.15, -0.1) is 0 Å². The molecule has 2 aromatic heterocycles. The van der Waals surface area contributed by atoms with Crippen LogP contribution in [0.4, 0.5) is 0 Å². The molecular weight excluding hydrogens is 188 g/mol. The van der Waals surface area contributed by atoms with Gasteiger partial charge in [0.2, 0.25) is 0 Å². The minimum atomic E-state index is -0.0249. The molecule has 0 saturated heterocycles. The summed E-state index contributed by atoms with van der Waals surface area (Å²) in [6.07, 6.45) is 3.35. The zero-order valence-electron chi connectivity index (χ0n) is 8.82. The Hall–Kier alpha value is -1.90. The van der Waals surface area contributed by atoms with Crippen LogP contribution in [0.25, 0.3) is 17.0 Å². The molecule has 0 N–H and O–H groups in total. The van der Waals surface area contributed by atoms with Crippen LogP contribution in [0.5, 0.6) is 0 Å². The monoisotopic (exact) mass is 200 g/mol. The summed E-state index contributed by atoms with van der Waals surface area (Å²) in [6.45, 7) is 5.53. The maximum Gasteiger partial charge on any atom is 0.258 e. The van der Waals surface area contributed by atoms with Crippen LogP contribution >= 0.6 is 0 Å². The molecule has 0 spiro atoms. The summed E-state index contributed by atoms with van der Waals surface area (Å²) in [5.74, 6) is 0. The summed E-state index contributed by atoms with van der Waals surface area (Å²) in [5, 5.41) is 0.956. The fraction of sp³-hybridized carbons (Fsp3) is 0.167. The van der Waals surface area contributed by atoms with Crippen molar-refractivity contribution >= 4 is 17.0 Å². The van der Waals surface area contributed by atoms with Crippen molar-refractivity contribution in [1.82, 2.24) is 9.55 Å². The predicted octanol–water partition coefficient (Wildman–Crippen LogP) is 1.88. The molecule has 2 aromatic rings. The van der Waals surface area contributed by atoms with E-state index in [2.05, 4.69) is 11.6 Å². The maximum absolute atomic E-state index is 11.8. The van der Waals surface area contributed by atoms with Crippen molar-refractivity contribution in [3.05, 3.63) is 46.5 Å². The summed E-state index contributed by atoms with van der Waals surface area (Å²) < 4.78 is 1.63. The first kappa shape index (κ1) is 9.65. The summed E-state index contributed by atoms with van der Waals surface area (Å²) in [7, 11) is 1.76. The van der Waals surface area contributed by atoms with Gasteiger partial charge in [-0.25, -0.2) is 0 Å². The highest BCUT2D eigenvalue weighted by atomic mass is 16.1. The number of nitrogens with zero attached hydrogens (tertiary/aromatic N) is 2. The highest BCUT2D eigenvalue weighted by Crippen LogP contribution is 2.13. The van der Waals surface area contributed by atoms with Crippen LogP contribution in [-0.4, -0.2) is 9.55 Å². The van der Waals surface area contributed by atoms with Crippen LogP contribution in [0.15, 0.2) is 29.7 Å². The van der Waals surface area contributed by atoms with Gasteiger partial charge in [-0.2, -0.15) is 0 Å². The topological polar surface area (TPSA) is 34.9 Å². The Kier molecular flexibility index (Phi) is 2.15. The van der Waals surface area contributed by atoms with Gasteiger partial charge in [-0.05, 0) is 19.1 Å². The van der Waals surface area contributed by atoms with Gasteiger partial charge in [0, 0.05) is 29.9 Å². The Morgan fingerprint density at radius 2 is 2.20 bits per heavy atom. The van der Waals surface area contributed by atoms with Gasteiger partial charge in [-0.1, -0.05) is 12.7 Å². The first-order valence-corrected chi connectivity index (χ1v) is 4.72. The second-order valence-electron chi connectivity index (χ2n) is 3.55. The number of pyridine rings is 2. The van der Waals surface area contributed by atoms with Crippen molar-refractivity contribution in [1.29, 1.82) is 0 Å². The van der Waals surface area contributed by atoms with Crippen molar-refractivity contribution in [3.63, 3.8) is 0 Å². The van der Waals surface area contributed by atoms with Crippen molar-refractivity contribution in [3.8, 4) is 0 Å². The number of fused-ring (bicyclic) bond motifs is 1. The number of aromatic nitrogens is 2. The Morgan fingerprint density at radius 1 is 1.47 bits per heavy atom. The van der Waals surface area contributed by atoms with Crippen LogP contribution in [-0.2, 0) is 7.05 Å². The minimum Gasteiger partial charge on any atom is -0.311 e. The largest absolute Gasteiger partial charge is 0.311 e. The van der Waals surface area contributed by atoms with Crippen molar-refractivity contribution in [2.24, 2.45) is 7.05 Å². The van der Waals surface area contributed by atoms with Crippen molar-refractivity contribution < 1.29 is 0 Å². The Balaban J connectivity index is 2.97. The van der Waals surface area contributed by atoms with E-state index in [1.54, 1.807) is 23.9 Å². The smallest absolute Gasteiger partial charge is 0.258 e. The molecule has 2 heterocycles. The molecule has 76 valence electrons. The van der Waals surface area contributed by atoms with E-state index in [1.807, 2.05) is 19.1 Å². The lowest BCUT2D eigenvalue weighted by molar-refractivity contribution is 0.900. The maximum atomic E-state index is 11.8. The van der Waals surface area contributed by atoms with Gasteiger partial charge in [0.05, 0.1) is 5.52 Å². The van der Waals surface area contributed by atoms with Crippen LogP contribution in [0.3, 0.4) is 0 Å². The highest BCUT2D eigenvalue weighted by molar-refractivity contribution is 5.80. The number of aryl methyl sites for hydroxylation is 2. The van der Waals surface area contributed by atoms with Gasteiger partial charge in [0.1, 0.15) is 0 Å². The molecule has 15 heavy (non-hydrogen) atoms. The third-order valence-corrected chi connectivity index (χ3v) is 2.49. The van der Waals surface area contributed by atoms with E-state index in [1.165, 1.54) is 0 Å². The third kappa shape index (κ3) is 1.46. The second-order valence-corrected chi connectivity index (χ2v) is 3.55. The second kappa shape index (κ2) is 3.35. The van der Waals surface area contributed by atoms with E-state index >= 15 is 0 Å². The van der Waals surface area contributed by atoms with E-state index < -0.39 is 0 Å². The lowest BCUT2D eigenvalue weighted by Crippen LogP contribution is -2.19. The van der Waals surface area contributed by atoms with Crippen LogP contribution in [0.2, 0.25) is 0 Å². The molecule has 0 unspecified atom stereocenters. The molecule has 0 fully saturated rings. The lowest BCUT2D eigenvalue weighted by Gasteiger charge is -2.06. The summed E-state index contributed by atoms with van der Waals surface area (Å²) >= 11 is 0. The normalized spacial score (nSPS) is 10.5. The van der Waals surface area contributed by atoms with E-state index in [0.29, 0.717) is 5.56 Å². The fourth-order valence-electron chi connectivity index (χ4n) is 1.64. The quantitative estimate of drug-likeness (QED) is 0.704. The SMILES string of the molecule is C=Cc1cc2cnc(C)cc2n(C)c1=O. The standard InChI is InChI=1S/C12H12N2O/c1-4-9-6-10-7-13-8(2)5-11(10)14(3)12(9)15/h4-7H,1H2,2-3H3. The van der Waals surface area contributed by atoms with Crippen molar-refractivity contribution in [2.75, 3.05) is 0 Å². The predicted molar refractivity (Wildman–Crippen MR) is 61.8 cm³/mol. The van der Waals surface area contributed by atoms with Crippen LogP contribution < -0.4 is 5.56 Å². The Morgan fingerprint density at radius 3 is 2.87 bits per heavy atom. The van der Waals surface area contributed by atoms with E-state index in [-0.39, 0.29) is 5.56 Å². The summed E-state index contributed by atoms with van der Waals surface area (Å²) in [5.41, 5.74) is 2.39. The summed E-state index contributed by atoms with van der Waals surface area (Å²) in [6, 6.07) is 3.72. The number of rotatable bonds is 1. The highest BCUT2D eigenvalue weighted by Gasteiger charge is 2.04. The first-order chi connectivity index (χ1) is 7.13. The molecular formula is C12H12N2O. The minimum absolute atomic E-state index is 0.0249. The van der Waals surface area contributed by atoms with Gasteiger partial charge in [0.15, 0.2) is 0 Å². The molecule has 0 saturated carbocycles. The molecule has 0 aliphatic rings. The van der Waals surface area contributed by atoms with E-state index in [9.17, 15) is 4.79 Å². The first-order valence-electron chi connectivity index (χ1n) is 4.72. The average Bonchev–Trinajstić information content (AvgIpc) is 2.24. The molecule has 3 nitrogen and oxygen atoms in total. The van der Waals surface area contributed by atoms with E-state index in [4.69, 9.17) is 0 Å². The van der Waals surface area contributed by atoms with Crippen LogP contribution in [0, 0.1) is 6.92 Å². The van der Waals surface area contributed by atoms with Gasteiger partial charge in [0.25, 0.3) is 5.56 Å². The number of hydrogen-bond acceptors (Lipinski definition) is 2. The Bertz CT molecular complexity index is 596. The molecule has 0 amide bonds. The zero-order valence-corrected chi connectivity index (χ0v) is 8.82. The molecule has 2 rings (SSSR count).